The number of aliphatic carboxylic acids is 1. The molecular formula is C6H11Cl3O3. The number of ether oxygens (including phenoxy) is 1. The molecule has 0 aromatic carbocycles. The molecule has 0 radical (unpaired) electrons. The maximum atomic E-state index is 9.62. The Morgan fingerprint density at radius 1 is 1.33 bits per heavy atom. The summed E-state index contributed by atoms with van der Waals surface area (Å²) in [5.74, 6) is -1.46. The van der Waals surface area contributed by atoms with E-state index in [1.54, 1.807) is 0 Å². The maximum absolute atomic E-state index is 9.62. The first-order valence-electron chi connectivity index (χ1n) is 3.24. The summed E-state index contributed by atoms with van der Waals surface area (Å²) >= 11 is 14.4. The summed E-state index contributed by atoms with van der Waals surface area (Å²) in [4.78, 5) is 9.62. The van der Waals surface area contributed by atoms with E-state index in [-0.39, 0.29) is 0 Å². The number of alkyl halides is 3. The predicted octanol–water partition coefficient (Wildman–Crippen LogP) is 2.48. The summed E-state index contributed by atoms with van der Waals surface area (Å²) in [6, 6.07) is 0. The lowest BCUT2D eigenvalue weighted by molar-refractivity contribution is -0.135. The fourth-order valence-corrected chi connectivity index (χ4v) is 0.204. The fourth-order valence-electron chi connectivity index (χ4n) is 0.204. The Morgan fingerprint density at radius 2 is 1.58 bits per heavy atom. The highest BCUT2D eigenvalue weighted by molar-refractivity contribution is 6.75. The summed E-state index contributed by atoms with van der Waals surface area (Å²) in [5.41, 5.74) is 0. The molecule has 0 heterocycles. The van der Waals surface area contributed by atoms with Gasteiger partial charge in [-0.1, -0.05) is 34.8 Å². The average Bonchev–Trinajstić information content (AvgIpc) is 1.88. The summed E-state index contributed by atoms with van der Waals surface area (Å²) in [6.45, 7) is 5.67. The molecule has 3 nitrogen and oxygen atoms in total. The van der Waals surface area contributed by atoms with Gasteiger partial charge in [0.05, 0.1) is 0 Å². The lowest BCUT2D eigenvalue weighted by Gasteiger charge is -1.99. The quantitative estimate of drug-likeness (QED) is 0.751. The average molecular weight is 238 g/mol. The predicted molar refractivity (Wildman–Crippen MR) is 50.1 cm³/mol. The molecule has 0 aliphatic rings. The van der Waals surface area contributed by atoms with Crippen LogP contribution in [-0.4, -0.2) is 28.1 Å². The molecule has 12 heavy (non-hydrogen) atoms. The molecule has 0 bridgehead atoms. The number of hydrogen-bond donors (Lipinski definition) is 1. The van der Waals surface area contributed by atoms with E-state index >= 15 is 0 Å². The first kappa shape index (κ1) is 14.8. The van der Waals surface area contributed by atoms with Crippen molar-refractivity contribution in [2.24, 2.45) is 0 Å². The van der Waals surface area contributed by atoms with Crippen molar-refractivity contribution in [1.29, 1.82) is 0 Å². The van der Waals surface area contributed by atoms with Gasteiger partial charge in [0.25, 0.3) is 3.79 Å². The Labute approximate surface area is 86.5 Å². The van der Waals surface area contributed by atoms with Gasteiger partial charge >= 0.3 is 5.97 Å². The van der Waals surface area contributed by atoms with Crippen LogP contribution in [0.25, 0.3) is 0 Å². The van der Waals surface area contributed by atoms with Gasteiger partial charge in [0.15, 0.2) is 0 Å². The summed E-state index contributed by atoms with van der Waals surface area (Å²) < 4.78 is 2.67. The molecule has 0 aromatic heterocycles. The van der Waals surface area contributed by atoms with Crippen LogP contribution >= 0.6 is 34.8 Å². The number of halogens is 3. The van der Waals surface area contributed by atoms with Crippen LogP contribution in [0.5, 0.6) is 0 Å². The number of carbonyl (C=O) groups is 1. The van der Waals surface area contributed by atoms with E-state index in [0.29, 0.717) is 0 Å². The third-order valence-electron chi connectivity index (χ3n) is 0.651. The van der Waals surface area contributed by atoms with Gasteiger partial charge < -0.3 is 9.84 Å². The van der Waals surface area contributed by atoms with Gasteiger partial charge in [0.1, 0.15) is 0 Å². The van der Waals surface area contributed by atoms with Gasteiger partial charge in [0, 0.05) is 13.2 Å². The van der Waals surface area contributed by atoms with E-state index < -0.39 is 9.76 Å². The molecule has 1 N–H and O–H groups in total. The minimum Gasteiger partial charge on any atom is -0.478 e. The Bertz CT molecular complexity index is 120. The van der Waals surface area contributed by atoms with Crippen molar-refractivity contribution in [2.75, 3.05) is 13.2 Å². The molecule has 0 saturated heterocycles. The third-order valence-corrected chi connectivity index (χ3v) is 1.14. The highest BCUT2D eigenvalue weighted by Gasteiger charge is 2.29. The van der Waals surface area contributed by atoms with E-state index in [1.807, 2.05) is 13.8 Å². The molecule has 0 spiro atoms. The molecular weight excluding hydrogens is 226 g/mol. The number of hydrogen-bond acceptors (Lipinski definition) is 2. The SMILES string of the molecule is CCOCC.O=C(O)C(Cl)(Cl)Cl. The van der Waals surface area contributed by atoms with Gasteiger partial charge in [-0.3, -0.25) is 0 Å². The van der Waals surface area contributed by atoms with Crippen LogP contribution in [0.2, 0.25) is 0 Å². The minimum atomic E-state index is -2.17. The first-order chi connectivity index (χ1) is 5.36. The van der Waals surface area contributed by atoms with Crippen molar-refractivity contribution in [3.63, 3.8) is 0 Å². The van der Waals surface area contributed by atoms with Crippen LogP contribution in [0.4, 0.5) is 0 Å². The summed E-state index contributed by atoms with van der Waals surface area (Å²) in [6.07, 6.45) is 0. The van der Waals surface area contributed by atoms with Gasteiger partial charge in [-0.25, -0.2) is 4.79 Å². The van der Waals surface area contributed by atoms with E-state index in [9.17, 15) is 4.79 Å². The molecule has 0 atom stereocenters. The lowest BCUT2D eigenvalue weighted by atomic mass is 10.8. The number of carboxylic acids is 1. The zero-order valence-electron chi connectivity index (χ0n) is 6.81. The second kappa shape index (κ2) is 7.92. The van der Waals surface area contributed by atoms with Crippen LogP contribution in [0.15, 0.2) is 0 Å². The van der Waals surface area contributed by atoms with Crippen LogP contribution in [-0.2, 0) is 9.53 Å². The van der Waals surface area contributed by atoms with Crippen molar-refractivity contribution in [2.45, 2.75) is 17.6 Å². The maximum Gasteiger partial charge on any atom is 0.356 e. The smallest absolute Gasteiger partial charge is 0.356 e. The van der Waals surface area contributed by atoms with E-state index in [2.05, 4.69) is 0 Å². The highest BCUT2D eigenvalue weighted by atomic mass is 35.6. The molecule has 0 saturated carbocycles. The minimum absolute atomic E-state index is 0.844. The van der Waals surface area contributed by atoms with E-state index in [1.165, 1.54) is 0 Å². The molecule has 0 aliphatic heterocycles. The van der Waals surface area contributed by atoms with Crippen molar-refractivity contribution in [1.82, 2.24) is 0 Å². The van der Waals surface area contributed by atoms with Crippen LogP contribution in [0.1, 0.15) is 13.8 Å². The zero-order chi connectivity index (χ0) is 10.2. The topological polar surface area (TPSA) is 46.5 Å². The second-order valence-corrected chi connectivity index (χ2v) is 3.87. The van der Waals surface area contributed by atoms with E-state index in [4.69, 9.17) is 44.6 Å². The lowest BCUT2D eigenvalue weighted by Crippen LogP contribution is -2.16. The van der Waals surface area contributed by atoms with Gasteiger partial charge in [-0.15, -0.1) is 0 Å². The largest absolute Gasteiger partial charge is 0.478 e. The molecule has 0 aliphatic carbocycles. The van der Waals surface area contributed by atoms with Crippen LogP contribution in [0, 0.1) is 0 Å². The van der Waals surface area contributed by atoms with Gasteiger partial charge in [-0.2, -0.15) is 0 Å². The molecule has 74 valence electrons. The monoisotopic (exact) mass is 236 g/mol. The normalized spacial score (nSPS) is 10.1. The molecule has 0 fully saturated rings. The van der Waals surface area contributed by atoms with Gasteiger partial charge in [0.2, 0.25) is 0 Å². The number of carboxylic acid groups (broad SMARTS) is 1. The Balaban J connectivity index is 0. The molecule has 6 heteroatoms. The Hall–Kier alpha value is 0.300. The standard InChI is InChI=1S/C4H10O.C2HCl3O2/c1-3-5-4-2;3-2(4,5)1(6)7/h3-4H2,1-2H3;(H,6,7). The molecule has 0 unspecified atom stereocenters. The second-order valence-electron chi connectivity index (χ2n) is 1.58. The Kier molecular flexibility index (Phi) is 9.78. The van der Waals surface area contributed by atoms with Crippen molar-refractivity contribution in [3.8, 4) is 0 Å². The molecule has 0 rings (SSSR count). The van der Waals surface area contributed by atoms with Crippen LogP contribution in [0.3, 0.4) is 0 Å². The molecule has 0 amide bonds. The first-order valence-corrected chi connectivity index (χ1v) is 4.37. The zero-order valence-corrected chi connectivity index (χ0v) is 9.08. The van der Waals surface area contributed by atoms with Crippen molar-refractivity contribution < 1.29 is 14.6 Å². The number of rotatable bonds is 2. The third kappa shape index (κ3) is 12.9. The molecule has 0 aromatic rings. The Morgan fingerprint density at radius 3 is 1.58 bits per heavy atom. The van der Waals surface area contributed by atoms with Gasteiger partial charge in [-0.05, 0) is 13.8 Å². The summed E-state index contributed by atoms with van der Waals surface area (Å²) in [5, 5.41) is 7.85. The summed E-state index contributed by atoms with van der Waals surface area (Å²) in [7, 11) is 0. The van der Waals surface area contributed by atoms with Crippen molar-refractivity contribution >= 4 is 40.8 Å². The van der Waals surface area contributed by atoms with E-state index in [0.717, 1.165) is 13.2 Å². The van der Waals surface area contributed by atoms with Crippen molar-refractivity contribution in [3.05, 3.63) is 0 Å². The van der Waals surface area contributed by atoms with Crippen LogP contribution < -0.4 is 0 Å². The highest BCUT2D eigenvalue weighted by Crippen LogP contribution is 2.25. The fraction of sp³-hybridized carbons (Fsp3) is 0.833.